The van der Waals surface area contributed by atoms with Gasteiger partial charge in [0.1, 0.15) is 0 Å². The van der Waals surface area contributed by atoms with Crippen LogP contribution in [0.15, 0.2) is 24.3 Å². The zero-order chi connectivity index (χ0) is 14.1. The normalized spacial score (nSPS) is 28.7. The second kappa shape index (κ2) is 5.88. The highest BCUT2D eigenvalue weighted by Crippen LogP contribution is 2.38. The van der Waals surface area contributed by atoms with Gasteiger partial charge >= 0.3 is 0 Å². The van der Waals surface area contributed by atoms with Gasteiger partial charge in [-0.3, -0.25) is 4.79 Å². The minimum atomic E-state index is 0.359. The smallest absolute Gasteiger partial charge is 0.223 e. The number of halogens is 1. The summed E-state index contributed by atoms with van der Waals surface area (Å²) < 4.78 is 0. The molecule has 108 valence electrons. The molecule has 1 aromatic rings. The van der Waals surface area contributed by atoms with Gasteiger partial charge in [0.15, 0.2) is 0 Å². The zero-order valence-corrected chi connectivity index (χ0v) is 13.6. The van der Waals surface area contributed by atoms with E-state index in [-0.39, 0.29) is 0 Å². The minimum Gasteiger partial charge on any atom is -0.337 e. The molecule has 0 spiro atoms. The van der Waals surface area contributed by atoms with Crippen LogP contribution in [0.3, 0.4) is 0 Å². The molecule has 2 saturated heterocycles. The lowest BCUT2D eigenvalue weighted by Crippen LogP contribution is -2.46. The van der Waals surface area contributed by atoms with Gasteiger partial charge in [-0.25, -0.2) is 0 Å². The molecule has 3 heteroatoms. The second-order valence-corrected chi connectivity index (χ2v) is 7.54. The predicted molar refractivity (Wildman–Crippen MR) is 85.1 cm³/mol. The molecule has 0 saturated carbocycles. The van der Waals surface area contributed by atoms with E-state index >= 15 is 0 Å². The number of rotatable bonds is 3. The van der Waals surface area contributed by atoms with Crippen molar-refractivity contribution in [1.29, 1.82) is 0 Å². The monoisotopic (exact) mass is 335 g/mol. The molecule has 1 aromatic carbocycles. The van der Waals surface area contributed by atoms with Gasteiger partial charge in [-0.15, -0.1) is 0 Å². The highest BCUT2D eigenvalue weighted by atomic mass is 79.9. The van der Waals surface area contributed by atoms with Crippen molar-refractivity contribution in [2.75, 3.05) is 0 Å². The van der Waals surface area contributed by atoms with Gasteiger partial charge < -0.3 is 4.90 Å². The number of piperidine rings is 1. The fourth-order valence-corrected chi connectivity index (χ4v) is 4.52. The Morgan fingerprint density at radius 2 is 1.80 bits per heavy atom. The molecule has 20 heavy (non-hydrogen) atoms. The second-order valence-electron chi connectivity index (χ2n) is 6.24. The third-order valence-electron chi connectivity index (χ3n) is 4.71. The van der Waals surface area contributed by atoms with Crippen LogP contribution in [0, 0.1) is 6.92 Å². The molecule has 2 bridgehead atoms. The van der Waals surface area contributed by atoms with E-state index in [0.717, 1.165) is 19.3 Å². The van der Waals surface area contributed by atoms with Crippen molar-refractivity contribution in [1.82, 2.24) is 4.90 Å². The van der Waals surface area contributed by atoms with Crippen molar-refractivity contribution in [3.8, 4) is 0 Å². The molecule has 2 fully saturated rings. The van der Waals surface area contributed by atoms with Gasteiger partial charge in [-0.1, -0.05) is 45.8 Å². The van der Waals surface area contributed by atoms with E-state index in [1.807, 2.05) is 0 Å². The van der Waals surface area contributed by atoms with E-state index in [2.05, 4.69) is 52.0 Å². The highest BCUT2D eigenvalue weighted by molar-refractivity contribution is 9.09. The average Bonchev–Trinajstić information content (AvgIpc) is 2.70. The number of hydrogen-bond acceptors (Lipinski definition) is 1. The maximum Gasteiger partial charge on any atom is 0.223 e. The van der Waals surface area contributed by atoms with Gasteiger partial charge in [0.25, 0.3) is 0 Å². The van der Waals surface area contributed by atoms with Crippen molar-refractivity contribution in [3.63, 3.8) is 0 Å². The van der Waals surface area contributed by atoms with Crippen LogP contribution < -0.4 is 0 Å². The molecule has 2 unspecified atom stereocenters. The van der Waals surface area contributed by atoms with Crippen molar-refractivity contribution < 1.29 is 4.79 Å². The maximum atomic E-state index is 12.5. The third kappa shape index (κ3) is 2.93. The molecule has 0 aliphatic carbocycles. The predicted octanol–water partition coefficient (Wildman–Crippen LogP) is 3.84. The maximum absolute atomic E-state index is 12.5. The minimum absolute atomic E-state index is 0.359. The molecule has 1 amide bonds. The summed E-state index contributed by atoms with van der Waals surface area (Å²) in [4.78, 5) is 15.3. The van der Waals surface area contributed by atoms with Crippen LogP contribution in [0.1, 0.15) is 43.2 Å². The molecule has 2 aliphatic rings. The first-order valence-corrected chi connectivity index (χ1v) is 8.56. The molecule has 0 N–H and O–H groups in total. The van der Waals surface area contributed by atoms with Gasteiger partial charge in [0.2, 0.25) is 5.91 Å². The lowest BCUT2D eigenvalue weighted by atomic mass is 10.0. The molecule has 2 atom stereocenters. The Kier molecular flexibility index (Phi) is 4.16. The molecule has 2 aliphatic heterocycles. The molecule has 2 heterocycles. The molecular weight excluding hydrogens is 314 g/mol. The number of nitrogens with zero attached hydrogens (tertiary/aromatic N) is 1. The fourth-order valence-electron chi connectivity index (χ4n) is 3.65. The summed E-state index contributed by atoms with van der Waals surface area (Å²) in [5, 5.41) is 0. The van der Waals surface area contributed by atoms with Gasteiger partial charge in [-0.05, 0) is 44.6 Å². The number of aryl methyl sites for hydroxylation is 2. The summed E-state index contributed by atoms with van der Waals surface area (Å²) in [5.74, 6) is 0.359. The average molecular weight is 336 g/mol. The van der Waals surface area contributed by atoms with Crippen molar-refractivity contribution in [2.24, 2.45) is 0 Å². The summed E-state index contributed by atoms with van der Waals surface area (Å²) in [6.45, 7) is 2.09. The summed E-state index contributed by atoms with van der Waals surface area (Å²) in [7, 11) is 0. The van der Waals surface area contributed by atoms with Crippen LogP contribution in [0.5, 0.6) is 0 Å². The Bertz CT molecular complexity index is 470. The van der Waals surface area contributed by atoms with E-state index in [1.165, 1.54) is 24.0 Å². The summed E-state index contributed by atoms with van der Waals surface area (Å²) >= 11 is 3.73. The topological polar surface area (TPSA) is 20.3 Å². The van der Waals surface area contributed by atoms with Crippen LogP contribution >= 0.6 is 15.9 Å². The molecule has 0 aromatic heterocycles. The van der Waals surface area contributed by atoms with Gasteiger partial charge in [-0.2, -0.15) is 0 Å². The molecule has 0 radical (unpaired) electrons. The van der Waals surface area contributed by atoms with Gasteiger partial charge in [0, 0.05) is 23.3 Å². The highest BCUT2D eigenvalue weighted by Gasteiger charge is 2.41. The number of fused-ring (bicyclic) bond motifs is 2. The number of carbonyl (C=O) groups excluding carboxylic acids is 1. The van der Waals surface area contributed by atoms with Crippen LogP contribution in [-0.2, 0) is 11.2 Å². The largest absolute Gasteiger partial charge is 0.337 e. The number of amides is 1. The lowest BCUT2D eigenvalue weighted by Gasteiger charge is -2.37. The van der Waals surface area contributed by atoms with E-state index in [0.29, 0.717) is 29.2 Å². The first-order chi connectivity index (χ1) is 9.63. The Labute approximate surface area is 129 Å². The van der Waals surface area contributed by atoms with Crippen LogP contribution in [0.2, 0.25) is 0 Å². The summed E-state index contributed by atoms with van der Waals surface area (Å²) in [6.07, 6.45) is 6.18. The summed E-state index contributed by atoms with van der Waals surface area (Å²) in [6, 6.07) is 9.51. The van der Waals surface area contributed by atoms with Crippen molar-refractivity contribution >= 4 is 21.8 Å². The van der Waals surface area contributed by atoms with Crippen LogP contribution in [0.4, 0.5) is 0 Å². The third-order valence-corrected chi connectivity index (χ3v) is 5.46. The number of alkyl halides is 1. The first-order valence-electron chi connectivity index (χ1n) is 7.64. The van der Waals surface area contributed by atoms with Crippen molar-refractivity contribution in [2.45, 2.75) is 62.4 Å². The van der Waals surface area contributed by atoms with E-state index in [1.54, 1.807) is 0 Å². The number of hydrogen-bond donors (Lipinski definition) is 0. The quantitative estimate of drug-likeness (QED) is 0.768. The summed E-state index contributed by atoms with van der Waals surface area (Å²) in [5.41, 5.74) is 2.55. The van der Waals surface area contributed by atoms with Crippen LogP contribution in [-0.4, -0.2) is 27.7 Å². The zero-order valence-electron chi connectivity index (χ0n) is 12.0. The molecule has 2 nitrogen and oxygen atoms in total. The van der Waals surface area contributed by atoms with Gasteiger partial charge in [0.05, 0.1) is 0 Å². The first kappa shape index (κ1) is 14.1. The molecular formula is C17H22BrNO. The Hall–Kier alpha value is -0.830. The Balaban J connectivity index is 1.58. The lowest BCUT2D eigenvalue weighted by molar-refractivity contribution is -0.135. The van der Waals surface area contributed by atoms with Crippen LogP contribution in [0.25, 0.3) is 0 Å². The standard InChI is InChI=1S/C17H22BrNO/c1-12-2-4-13(5-3-12)6-9-17(20)19-15-7-8-16(19)11-14(18)10-15/h2-5,14-16H,6-11H2,1H3. The van der Waals surface area contributed by atoms with E-state index in [4.69, 9.17) is 0 Å². The molecule has 3 rings (SSSR count). The number of carbonyl (C=O) groups is 1. The van der Waals surface area contributed by atoms with E-state index in [9.17, 15) is 4.79 Å². The number of benzene rings is 1. The van der Waals surface area contributed by atoms with Crippen molar-refractivity contribution in [3.05, 3.63) is 35.4 Å². The fraction of sp³-hybridized carbons (Fsp3) is 0.588. The SMILES string of the molecule is Cc1ccc(CCC(=O)N2C3CCC2CC(Br)C3)cc1. The Morgan fingerprint density at radius 1 is 1.20 bits per heavy atom. The van der Waals surface area contributed by atoms with E-state index < -0.39 is 0 Å². The Morgan fingerprint density at radius 3 is 2.40 bits per heavy atom.